The van der Waals surface area contributed by atoms with Crippen molar-refractivity contribution in [2.24, 2.45) is 0 Å². The van der Waals surface area contributed by atoms with Gasteiger partial charge in [0.25, 0.3) is 0 Å². The van der Waals surface area contributed by atoms with Gasteiger partial charge in [-0.15, -0.1) is 0 Å². The number of nitrogens with zero attached hydrogens (tertiary/aromatic N) is 2. The molecule has 0 fully saturated rings. The maximum atomic E-state index is 13.8. The lowest BCUT2D eigenvalue weighted by atomic mass is 10.1. The predicted octanol–water partition coefficient (Wildman–Crippen LogP) is 3.75. The highest BCUT2D eigenvalue weighted by Gasteiger charge is 2.11. The molecular weight excluding hydrogens is 274 g/mol. The fraction of sp³-hybridized carbons (Fsp3) is 0.333. The maximum Gasteiger partial charge on any atom is 0.224 e. The molecule has 0 amide bonds. The molecule has 4 nitrogen and oxygen atoms in total. The van der Waals surface area contributed by atoms with Gasteiger partial charge in [0.15, 0.2) is 11.6 Å². The maximum absolute atomic E-state index is 13.8. The first kappa shape index (κ1) is 15.2. The first-order chi connectivity index (χ1) is 10.1. The molecular formula is C15H18F2N4. The molecule has 21 heavy (non-hydrogen) atoms. The van der Waals surface area contributed by atoms with Gasteiger partial charge in [-0.25, -0.2) is 13.8 Å². The van der Waals surface area contributed by atoms with E-state index >= 15 is 0 Å². The molecule has 0 saturated heterocycles. The minimum Gasteiger partial charge on any atom is -0.361 e. The van der Waals surface area contributed by atoms with Crippen molar-refractivity contribution in [1.82, 2.24) is 9.97 Å². The number of halogens is 2. The van der Waals surface area contributed by atoms with Crippen LogP contribution in [0.2, 0.25) is 0 Å². The Morgan fingerprint density at radius 2 is 1.90 bits per heavy atom. The Kier molecular flexibility index (Phi) is 5.03. The molecule has 6 heteroatoms. The van der Waals surface area contributed by atoms with Gasteiger partial charge in [-0.1, -0.05) is 19.1 Å². The van der Waals surface area contributed by atoms with Crippen LogP contribution in [0.4, 0.5) is 20.5 Å². The summed E-state index contributed by atoms with van der Waals surface area (Å²) in [5.74, 6) is -0.316. The number of hydrogen-bond donors (Lipinski definition) is 2. The van der Waals surface area contributed by atoms with Crippen molar-refractivity contribution in [1.29, 1.82) is 0 Å². The van der Waals surface area contributed by atoms with Crippen molar-refractivity contribution in [3.63, 3.8) is 0 Å². The highest BCUT2D eigenvalue weighted by atomic mass is 19.1. The third-order valence-corrected chi connectivity index (χ3v) is 3.00. The highest BCUT2D eigenvalue weighted by molar-refractivity contribution is 5.43. The van der Waals surface area contributed by atoms with Gasteiger partial charge in [0.1, 0.15) is 5.82 Å². The van der Waals surface area contributed by atoms with Crippen molar-refractivity contribution >= 4 is 11.8 Å². The van der Waals surface area contributed by atoms with Gasteiger partial charge < -0.3 is 10.6 Å². The van der Waals surface area contributed by atoms with Crippen LogP contribution >= 0.6 is 0 Å². The van der Waals surface area contributed by atoms with Crippen molar-refractivity contribution < 1.29 is 8.78 Å². The molecule has 1 atom stereocenters. The molecule has 1 aromatic carbocycles. The number of nitrogens with one attached hydrogen (secondary N) is 2. The van der Waals surface area contributed by atoms with Gasteiger partial charge >= 0.3 is 0 Å². The lowest BCUT2D eigenvalue weighted by molar-refractivity contribution is 0.613. The van der Waals surface area contributed by atoms with Gasteiger partial charge in [0.05, 0.1) is 12.2 Å². The Balaban J connectivity index is 2.12. The van der Waals surface area contributed by atoms with Crippen LogP contribution < -0.4 is 10.6 Å². The fourth-order valence-corrected chi connectivity index (χ4v) is 1.83. The summed E-state index contributed by atoms with van der Waals surface area (Å²) in [6.07, 6.45) is 2.06. The van der Waals surface area contributed by atoms with Crippen molar-refractivity contribution in [3.05, 3.63) is 47.7 Å². The minimum atomic E-state index is -0.522. The number of hydrogen-bond acceptors (Lipinski definition) is 4. The third-order valence-electron chi connectivity index (χ3n) is 3.00. The lowest BCUT2D eigenvalue weighted by Crippen LogP contribution is -2.12. The second-order valence-corrected chi connectivity index (χ2v) is 4.73. The second kappa shape index (κ2) is 6.97. The first-order valence-electron chi connectivity index (χ1n) is 6.88. The molecule has 2 aromatic rings. The zero-order chi connectivity index (χ0) is 15.2. The summed E-state index contributed by atoms with van der Waals surface area (Å²) < 4.78 is 26.7. The monoisotopic (exact) mass is 292 g/mol. The number of aromatic nitrogens is 2. The minimum absolute atomic E-state index is 0.125. The molecule has 2 N–H and O–H groups in total. The second-order valence-electron chi connectivity index (χ2n) is 4.73. The standard InChI is InChI=1S/C15H18F2N4/c1-3-8-18-15-19-9-13(17)14(21-15)20-10(2)11-4-6-12(16)7-5-11/h4-7,9-10H,3,8H2,1-2H3,(H2,18,19,20,21). The fourth-order valence-electron chi connectivity index (χ4n) is 1.83. The summed E-state index contributed by atoms with van der Waals surface area (Å²) in [4.78, 5) is 7.99. The van der Waals surface area contributed by atoms with E-state index in [2.05, 4.69) is 20.6 Å². The van der Waals surface area contributed by atoms with Crippen LogP contribution in [0.5, 0.6) is 0 Å². The van der Waals surface area contributed by atoms with Gasteiger partial charge in [-0.05, 0) is 31.0 Å². The van der Waals surface area contributed by atoms with Crippen molar-refractivity contribution in [2.75, 3.05) is 17.2 Å². The molecule has 0 radical (unpaired) electrons. The van der Waals surface area contributed by atoms with Gasteiger partial charge in [0, 0.05) is 6.54 Å². The highest BCUT2D eigenvalue weighted by Crippen LogP contribution is 2.20. The topological polar surface area (TPSA) is 49.8 Å². The molecule has 0 spiro atoms. The predicted molar refractivity (Wildman–Crippen MR) is 79.2 cm³/mol. The summed E-state index contributed by atoms with van der Waals surface area (Å²) in [7, 11) is 0. The Morgan fingerprint density at radius 1 is 1.19 bits per heavy atom. The van der Waals surface area contributed by atoms with Crippen LogP contribution in [-0.4, -0.2) is 16.5 Å². The number of anilines is 2. The zero-order valence-corrected chi connectivity index (χ0v) is 12.0. The van der Waals surface area contributed by atoms with Crippen molar-refractivity contribution in [3.8, 4) is 0 Å². The molecule has 1 unspecified atom stereocenters. The third kappa shape index (κ3) is 4.11. The molecule has 2 rings (SSSR count). The van der Waals surface area contributed by atoms with Crippen LogP contribution in [0, 0.1) is 11.6 Å². The van der Waals surface area contributed by atoms with E-state index in [1.807, 2.05) is 13.8 Å². The van der Waals surface area contributed by atoms with E-state index in [4.69, 9.17) is 0 Å². The summed E-state index contributed by atoms with van der Waals surface area (Å²) >= 11 is 0. The van der Waals surface area contributed by atoms with E-state index in [1.54, 1.807) is 12.1 Å². The number of benzene rings is 1. The summed E-state index contributed by atoms with van der Waals surface area (Å²) in [6, 6.07) is 5.86. The summed E-state index contributed by atoms with van der Waals surface area (Å²) in [5, 5.41) is 5.98. The largest absolute Gasteiger partial charge is 0.361 e. The molecule has 1 aromatic heterocycles. The summed E-state index contributed by atoms with van der Waals surface area (Å²) in [5.41, 5.74) is 0.845. The Hall–Kier alpha value is -2.24. The van der Waals surface area contributed by atoms with Crippen LogP contribution in [-0.2, 0) is 0 Å². The Morgan fingerprint density at radius 3 is 2.57 bits per heavy atom. The average Bonchev–Trinajstić information content (AvgIpc) is 2.48. The molecule has 1 heterocycles. The number of rotatable bonds is 6. The first-order valence-corrected chi connectivity index (χ1v) is 6.88. The van der Waals surface area contributed by atoms with Crippen LogP contribution in [0.3, 0.4) is 0 Å². The van der Waals surface area contributed by atoms with E-state index in [-0.39, 0.29) is 17.7 Å². The molecule has 112 valence electrons. The summed E-state index contributed by atoms with van der Waals surface area (Å²) in [6.45, 7) is 4.60. The Labute approximate surface area is 122 Å². The molecule has 0 aliphatic rings. The molecule has 0 aliphatic carbocycles. The van der Waals surface area contributed by atoms with Gasteiger partial charge in [-0.2, -0.15) is 4.98 Å². The smallest absolute Gasteiger partial charge is 0.224 e. The van der Waals surface area contributed by atoms with Gasteiger partial charge in [-0.3, -0.25) is 0 Å². The van der Waals surface area contributed by atoms with Crippen LogP contribution in [0.25, 0.3) is 0 Å². The van der Waals surface area contributed by atoms with Crippen molar-refractivity contribution in [2.45, 2.75) is 26.3 Å². The lowest BCUT2D eigenvalue weighted by Gasteiger charge is -2.16. The van der Waals surface area contributed by atoms with E-state index in [0.29, 0.717) is 5.95 Å². The van der Waals surface area contributed by atoms with E-state index in [1.165, 1.54) is 12.1 Å². The zero-order valence-electron chi connectivity index (χ0n) is 12.0. The van der Waals surface area contributed by atoms with Crippen LogP contribution in [0.15, 0.2) is 30.5 Å². The normalized spacial score (nSPS) is 12.0. The van der Waals surface area contributed by atoms with Crippen LogP contribution in [0.1, 0.15) is 31.9 Å². The SMILES string of the molecule is CCCNc1ncc(F)c(NC(C)c2ccc(F)cc2)n1. The van der Waals surface area contributed by atoms with E-state index in [9.17, 15) is 8.78 Å². The molecule has 0 saturated carbocycles. The Bertz CT molecular complexity index is 587. The van der Waals surface area contributed by atoms with E-state index < -0.39 is 5.82 Å². The molecule has 0 aliphatic heterocycles. The van der Waals surface area contributed by atoms with Gasteiger partial charge in [0.2, 0.25) is 5.95 Å². The average molecular weight is 292 g/mol. The molecule has 0 bridgehead atoms. The van der Waals surface area contributed by atoms with E-state index in [0.717, 1.165) is 24.7 Å². The quantitative estimate of drug-likeness (QED) is 0.851.